The zero-order valence-electron chi connectivity index (χ0n) is 11.2. The maximum atomic E-state index is 12.2. The molecule has 1 aromatic carbocycles. The molecule has 114 valence electrons. The van der Waals surface area contributed by atoms with Crippen LogP contribution in [0.25, 0.3) is 0 Å². The second-order valence-corrected chi connectivity index (χ2v) is 4.40. The molecule has 0 radical (unpaired) electrons. The molecular weight excluding hydrogens is 287 g/mol. The van der Waals surface area contributed by atoms with Crippen LogP contribution in [0.1, 0.15) is 30.7 Å². The summed E-state index contributed by atoms with van der Waals surface area (Å²) >= 11 is 0. The van der Waals surface area contributed by atoms with Gasteiger partial charge in [0.1, 0.15) is 11.9 Å². The number of aliphatic hydroxyl groups is 1. The highest BCUT2D eigenvalue weighted by Gasteiger charge is 2.31. The molecule has 0 fully saturated rings. The van der Waals surface area contributed by atoms with Gasteiger partial charge in [-0.05, 0) is 24.1 Å². The number of ether oxygens (including phenoxy) is 1. The van der Waals surface area contributed by atoms with E-state index in [0.29, 0.717) is 12.2 Å². The van der Waals surface area contributed by atoms with Crippen molar-refractivity contribution >= 4 is 0 Å². The van der Waals surface area contributed by atoms with Gasteiger partial charge in [0.15, 0.2) is 0 Å². The molecule has 2 aromatic rings. The van der Waals surface area contributed by atoms with Gasteiger partial charge in [-0.25, -0.2) is 4.68 Å². The average molecular weight is 301 g/mol. The van der Waals surface area contributed by atoms with Crippen molar-refractivity contribution < 1.29 is 23.0 Å². The van der Waals surface area contributed by atoms with Crippen molar-refractivity contribution in [3.05, 3.63) is 41.7 Å². The fourth-order valence-corrected chi connectivity index (χ4v) is 1.92. The minimum Gasteiger partial charge on any atom is -0.406 e. The van der Waals surface area contributed by atoms with Gasteiger partial charge >= 0.3 is 6.36 Å². The van der Waals surface area contributed by atoms with Gasteiger partial charge in [-0.15, -0.1) is 18.3 Å². The lowest BCUT2D eigenvalue weighted by molar-refractivity contribution is -0.274. The molecule has 0 aliphatic heterocycles. The summed E-state index contributed by atoms with van der Waals surface area (Å²) in [5.41, 5.74) is 0.692. The predicted molar refractivity (Wildman–Crippen MR) is 67.5 cm³/mol. The zero-order valence-corrected chi connectivity index (χ0v) is 11.2. The molecule has 0 bridgehead atoms. The van der Waals surface area contributed by atoms with Gasteiger partial charge in [-0.3, -0.25) is 0 Å². The lowest BCUT2D eigenvalue weighted by atomic mass is 10.1. The minimum absolute atomic E-state index is 0.274. The molecule has 0 saturated heterocycles. The summed E-state index contributed by atoms with van der Waals surface area (Å²) in [4.78, 5) is 0. The Morgan fingerprint density at radius 3 is 2.81 bits per heavy atom. The monoisotopic (exact) mass is 301 g/mol. The molecule has 1 heterocycles. The van der Waals surface area contributed by atoms with Crippen LogP contribution >= 0.6 is 0 Å². The van der Waals surface area contributed by atoms with Crippen LogP contribution in [-0.2, 0) is 6.54 Å². The molecule has 0 saturated carbocycles. The highest BCUT2D eigenvalue weighted by Crippen LogP contribution is 2.28. The van der Waals surface area contributed by atoms with Crippen molar-refractivity contribution in [1.29, 1.82) is 0 Å². The average Bonchev–Trinajstić information content (AvgIpc) is 2.85. The minimum atomic E-state index is -4.77. The summed E-state index contributed by atoms with van der Waals surface area (Å²) in [6.45, 7) is 2.50. The van der Waals surface area contributed by atoms with Gasteiger partial charge in [-0.2, -0.15) is 0 Å². The number of alkyl halides is 3. The normalized spacial score (nSPS) is 13.2. The molecule has 2 rings (SSSR count). The van der Waals surface area contributed by atoms with Crippen LogP contribution in [0.3, 0.4) is 0 Å². The van der Waals surface area contributed by atoms with E-state index in [9.17, 15) is 18.3 Å². The lowest BCUT2D eigenvalue weighted by Gasteiger charge is -2.14. The summed E-state index contributed by atoms with van der Waals surface area (Å²) in [5, 5.41) is 17.8. The standard InChI is InChI=1S/C13H14F3N3O2/c1-2-6-19-11(8-17-18-19)12(20)9-4-3-5-10(7-9)21-13(14,15)16/h3-5,7-8,12,20H,2,6H2,1H3. The van der Waals surface area contributed by atoms with E-state index in [4.69, 9.17) is 0 Å². The van der Waals surface area contributed by atoms with Crippen LogP contribution in [0.15, 0.2) is 30.5 Å². The van der Waals surface area contributed by atoms with Crippen molar-refractivity contribution in [3.63, 3.8) is 0 Å². The van der Waals surface area contributed by atoms with Gasteiger partial charge in [-0.1, -0.05) is 24.3 Å². The van der Waals surface area contributed by atoms with Gasteiger partial charge in [0.05, 0.1) is 11.9 Å². The lowest BCUT2D eigenvalue weighted by Crippen LogP contribution is -2.17. The number of aliphatic hydroxyl groups excluding tert-OH is 1. The summed E-state index contributed by atoms with van der Waals surface area (Å²) in [6, 6.07) is 5.21. The van der Waals surface area contributed by atoms with Crippen LogP contribution in [0.2, 0.25) is 0 Å². The largest absolute Gasteiger partial charge is 0.573 e. The van der Waals surface area contributed by atoms with Crippen LogP contribution in [0.5, 0.6) is 5.75 Å². The number of rotatable bonds is 5. The van der Waals surface area contributed by atoms with E-state index in [1.807, 2.05) is 6.92 Å². The van der Waals surface area contributed by atoms with E-state index in [-0.39, 0.29) is 11.3 Å². The number of halogens is 3. The van der Waals surface area contributed by atoms with Crippen molar-refractivity contribution in [3.8, 4) is 5.75 Å². The first-order chi connectivity index (χ1) is 9.90. The Kier molecular flexibility index (Phi) is 4.46. The topological polar surface area (TPSA) is 60.2 Å². The maximum absolute atomic E-state index is 12.2. The van der Waals surface area contributed by atoms with Crippen molar-refractivity contribution in [2.45, 2.75) is 32.4 Å². The molecule has 0 amide bonds. The fourth-order valence-electron chi connectivity index (χ4n) is 1.92. The molecule has 21 heavy (non-hydrogen) atoms. The zero-order chi connectivity index (χ0) is 15.5. The number of benzene rings is 1. The van der Waals surface area contributed by atoms with E-state index in [1.54, 1.807) is 0 Å². The Morgan fingerprint density at radius 2 is 2.14 bits per heavy atom. The second-order valence-electron chi connectivity index (χ2n) is 4.40. The maximum Gasteiger partial charge on any atom is 0.573 e. The van der Waals surface area contributed by atoms with E-state index in [0.717, 1.165) is 12.5 Å². The Labute approximate surface area is 119 Å². The first-order valence-corrected chi connectivity index (χ1v) is 6.33. The molecule has 1 N–H and O–H groups in total. The van der Waals surface area contributed by atoms with E-state index in [2.05, 4.69) is 15.0 Å². The number of hydrogen-bond acceptors (Lipinski definition) is 4. The molecule has 1 aromatic heterocycles. The number of aromatic nitrogens is 3. The number of aryl methyl sites for hydroxylation is 1. The molecule has 0 spiro atoms. The molecular formula is C13H14F3N3O2. The van der Waals surface area contributed by atoms with Crippen LogP contribution in [-0.4, -0.2) is 26.5 Å². The molecule has 0 aliphatic carbocycles. The number of nitrogens with zero attached hydrogens (tertiary/aromatic N) is 3. The Balaban J connectivity index is 2.24. The Hall–Kier alpha value is -2.09. The Morgan fingerprint density at radius 1 is 1.38 bits per heavy atom. The Bertz CT molecular complexity index is 598. The second kappa shape index (κ2) is 6.13. The summed E-state index contributed by atoms with van der Waals surface area (Å²) in [7, 11) is 0. The van der Waals surface area contributed by atoms with Crippen molar-refractivity contribution in [2.24, 2.45) is 0 Å². The van der Waals surface area contributed by atoms with Crippen LogP contribution < -0.4 is 4.74 Å². The molecule has 8 heteroatoms. The van der Waals surface area contributed by atoms with Crippen molar-refractivity contribution in [1.82, 2.24) is 15.0 Å². The third kappa shape index (κ3) is 3.94. The summed E-state index contributed by atoms with van der Waals surface area (Å²) in [5.74, 6) is -0.381. The van der Waals surface area contributed by atoms with Gasteiger partial charge in [0.2, 0.25) is 0 Å². The SMILES string of the molecule is CCCn1nncc1C(O)c1cccc(OC(F)(F)F)c1. The summed E-state index contributed by atoms with van der Waals surface area (Å²) in [6.07, 6.45) is -3.71. The third-order valence-electron chi connectivity index (χ3n) is 2.77. The van der Waals surface area contributed by atoms with Gasteiger partial charge in [0, 0.05) is 6.54 Å². The quantitative estimate of drug-likeness (QED) is 0.922. The van der Waals surface area contributed by atoms with Crippen molar-refractivity contribution in [2.75, 3.05) is 0 Å². The summed E-state index contributed by atoms with van der Waals surface area (Å²) < 4.78 is 42.0. The smallest absolute Gasteiger partial charge is 0.406 e. The first kappa shape index (κ1) is 15.3. The molecule has 5 nitrogen and oxygen atoms in total. The van der Waals surface area contributed by atoms with E-state index < -0.39 is 12.5 Å². The molecule has 1 unspecified atom stereocenters. The van der Waals surface area contributed by atoms with Gasteiger partial charge in [0.25, 0.3) is 0 Å². The van der Waals surface area contributed by atoms with Gasteiger partial charge < -0.3 is 9.84 Å². The van der Waals surface area contributed by atoms with Crippen LogP contribution in [0, 0.1) is 0 Å². The number of hydrogen-bond donors (Lipinski definition) is 1. The molecule has 0 aliphatic rings. The predicted octanol–water partition coefficient (Wildman–Crippen LogP) is 2.67. The van der Waals surface area contributed by atoms with E-state index in [1.165, 1.54) is 29.1 Å². The third-order valence-corrected chi connectivity index (χ3v) is 2.77. The van der Waals surface area contributed by atoms with Crippen LogP contribution in [0.4, 0.5) is 13.2 Å². The van der Waals surface area contributed by atoms with E-state index >= 15 is 0 Å². The first-order valence-electron chi connectivity index (χ1n) is 6.33. The molecule has 1 atom stereocenters. The fraction of sp³-hybridized carbons (Fsp3) is 0.385. The highest BCUT2D eigenvalue weighted by molar-refractivity contribution is 5.33. The highest BCUT2D eigenvalue weighted by atomic mass is 19.4.